The molecule has 0 aromatic heterocycles. The van der Waals surface area contributed by atoms with Crippen LogP contribution in [0.1, 0.15) is 40.0 Å². The first-order valence-corrected chi connectivity index (χ1v) is 9.45. The summed E-state index contributed by atoms with van der Waals surface area (Å²) in [6, 6.07) is 0. The van der Waals surface area contributed by atoms with Crippen molar-refractivity contribution in [1.29, 1.82) is 0 Å². The summed E-state index contributed by atoms with van der Waals surface area (Å²) in [7, 11) is 2.39. The van der Waals surface area contributed by atoms with Gasteiger partial charge in [-0.15, -0.1) is 0 Å². The summed E-state index contributed by atoms with van der Waals surface area (Å²) in [5.41, 5.74) is -0.108. The minimum absolute atomic E-state index is 0.0303. The molecule has 6 heteroatoms. The van der Waals surface area contributed by atoms with E-state index in [-0.39, 0.29) is 11.9 Å². The van der Waals surface area contributed by atoms with Gasteiger partial charge in [-0.1, -0.05) is 0 Å². The molecule has 0 radical (unpaired) electrons. The average molecular weight is 316 g/mol. The van der Waals surface area contributed by atoms with Crippen LogP contribution in [0.25, 0.3) is 0 Å². The van der Waals surface area contributed by atoms with Gasteiger partial charge in [0.15, 0.2) is 0 Å². The number of hydrogen-bond donors (Lipinski definition) is 0. The molecule has 21 heavy (non-hydrogen) atoms. The van der Waals surface area contributed by atoms with E-state index in [2.05, 4.69) is 0 Å². The van der Waals surface area contributed by atoms with Crippen LogP contribution in [0.15, 0.2) is 0 Å². The van der Waals surface area contributed by atoms with Crippen LogP contribution in [-0.4, -0.2) is 41.7 Å². The largest absolute Gasteiger partial charge is 0.503 e. The Balaban J connectivity index is 2.03. The quantitative estimate of drug-likeness (QED) is 0.576. The van der Waals surface area contributed by atoms with Gasteiger partial charge in [0.1, 0.15) is 5.60 Å². The lowest BCUT2D eigenvalue weighted by Gasteiger charge is -2.36. The van der Waals surface area contributed by atoms with Crippen LogP contribution in [0.5, 0.6) is 0 Å². The molecule has 0 aromatic rings. The van der Waals surface area contributed by atoms with E-state index in [0.29, 0.717) is 17.4 Å². The maximum absolute atomic E-state index is 12.3. The molecule has 0 aromatic carbocycles. The predicted molar refractivity (Wildman–Crippen MR) is 80.7 cm³/mol. The molecule has 0 aliphatic heterocycles. The summed E-state index contributed by atoms with van der Waals surface area (Å²) in [6.07, 6.45) is 2.87. The second-order valence-electron chi connectivity index (χ2n) is 7.19. The van der Waals surface area contributed by atoms with E-state index in [4.69, 9.17) is 18.0 Å². The van der Waals surface area contributed by atoms with Gasteiger partial charge in [-0.25, -0.2) is 0 Å². The molecule has 0 spiro atoms. The zero-order valence-electron chi connectivity index (χ0n) is 14.0. The van der Waals surface area contributed by atoms with Crippen LogP contribution in [-0.2, 0) is 22.8 Å². The van der Waals surface area contributed by atoms with E-state index >= 15 is 0 Å². The highest BCUT2D eigenvalue weighted by atomic mass is 28.4. The van der Waals surface area contributed by atoms with Gasteiger partial charge in [-0.2, -0.15) is 0 Å². The zero-order chi connectivity index (χ0) is 15.8. The van der Waals surface area contributed by atoms with E-state index in [1.807, 2.05) is 20.8 Å². The monoisotopic (exact) mass is 316 g/mol. The summed E-state index contributed by atoms with van der Waals surface area (Å²) >= 11 is 0. The fraction of sp³-hybridized carbons (Fsp3) is 0.933. The number of carbonyl (C=O) groups excluding carboxylic acids is 1. The first-order valence-electron chi connectivity index (χ1n) is 7.64. The Labute approximate surface area is 128 Å². The molecule has 0 amide bonds. The van der Waals surface area contributed by atoms with Gasteiger partial charge >= 0.3 is 14.8 Å². The highest BCUT2D eigenvalue weighted by molar-refractivity contribution is 6.62. The molecule has 0 N–H and O–H groups in total. The van der Waals surface area contributed by atoms with Crippen molar-refractivity contribution in [3.63, 3.8) is 0 Å². The first kappa shape index (κ1) is 16.9. The van der Waals surface area contributed by atoms with Crippen molar-refractivity contribution in [3.05, 3.63) is 0 Å². The molecular weight excluding hydrogens is 288 g/mol. The molecule has 2 fully saturated rings. The van der Waals surface area contributed by atoms with Crippen LogP contribution in [0, 0.1) is 17.8 Å². The number of rotatable bonds is 5. The fourth-order valence-corrected chi connectivity index (χ4v) is 6.93. The van der Waals surface area contributed by atoms with Crippen molar-refractivity contribution in [2.24, 2.45) is 17.8 Å². The fourth-order valence-electron chi connectivity index (χ4n) is 4.08. The molecular formula is C15H28O5Si. The SMILES string of the molecule is CO[Si](OC)(OC)C1CC2CC1CC2C(=O)OC(C)(C)C. The molecule has 2 bridgehead atoms. The van der Waals surface area contributed by atoms with Gasteiger partial charge in [-0.3, -0.25) is 4.79 Å². The van der Waals surface area contributed by atoms with Crippen LogP contribution in [0.4, 0.5) is 0 Å². The molecule has 5 nitrogen and oxygen atoms in total. The topological polar surface area (TPSA) is 54.0 Å². The Morgan fingerprint density at radius 2 is 1.52 bits per heavy atom. The van der Waals surface area contributed by atoms with Gasteiger partial charge in [0.25, 0.3) is 0 Å². The van der Waals surface area contributed by atoms with Crippen molar-refractivity contribution < 1.29 is 22.8 Å². The van der Waals surface area contributed by atoms with Crippen molar-refractivity contribution in [1.82, 2.24) is 0 Å². The average Bonchev–Trinajstić information content (AvgIpc) is 3.00. The third-order valence-corrected chi connectivity index (χ3v) is 8.20. The smallest absolute Gasteiger partial charge is 0.460 e. The van der Waals surface area contributed by atoms with Gasteiger partial charge in [0.2, 0.25) is 0 Å². The van der Waals surface area contributed by atoms with Crippen molar-refractivity contribution in [3.8, 4) is 0 Å². The molecule has 2 aliphatic rings. The maximum Gasteiger partial charge on any atom is 0.503 e. The number of carbonyl (C=O) groups is 1. The highest BCUT2D eigenvalue weighted by Crippen LogP contribution is 2.58. The lowest BCUT2D eigenvalue weighted by molar-refractivity contribution is -0.162. The zero-order valence-corrected chi connectivity index (χ0v) is 15.0. The summed E-state index contributed by atoms with van der Waals surface area (Å²) in [5.74, 6) is 0.803. The summed E-state index contributed by atoms with van der Waals surface area (Å²) in [4.78, 5) is 12.3. The maximum atomic E-state index is 12.3. The number of hydrogen-bond acceptors (Lipinski definition) is 5. The van der Waals surface area contributed by atoms with E-state index in [9.17, 15) is 4.79 Å². The van der Waals surface area contributed by atoms with Crippen molar-refractivity contribution in [2.75, 3.05) is 21.3 Å². The van der Waals surface area contributed by atoms with Gasteiger partial charge < -0.3 is 18.0 Å². The van der Waals surface area contributed by atoms with Crippen LogP contribution < -0.4 is 0 Å². The third-order valence-electron chi connectivity index (χ3n) is 4.87. The third kappa shape index (κ3) is 3.18. The van der Waals surface area contributed by atoms with E-state index < -0.39 is 14.4 Å². The Bertz CT molecular complexity index is 380. The van der Waals surface area contributed by atoms with Crippen molar-refractivity contribution in [2.45, 2.75) is 51.2 Å². The lowest BCUT2D eigenvalue weighted by atomic mass is 9.88. The Morgan fingerprint density at radius 3 is 1.90 bits per heavy atom. The lowest BCUT2D eigenvalue weighted by Crippen LogP contribution is -2.50. The highest BCUT2D eigenvalue weighted by Gasteiger charge is 2.60. The predicted octanol–water partition coefficient (Wildman–Crippen LogP) is 2.62. The molecule has 2 aliphatic carbocycles. The summed E-state index contributed by atoms with van der Waals surface area (Å²) in [6.45, 7) is 5.75. The van der Waals surface area contributed by atoms with Gasteiger partial charge in [-0.05, 0) is 51.9 Å². The minimum Gasteiger partial charge on any atom is -0.460 e. The molecule has 0 heterocycles. The molecule has 0 saturated heterocycles. The van der Waals surface area contributed by atoms with Crippen LogP contribution in [0.2, 0.25) is 5.54 Å². The van der Waals surface area contributed by atoms with E-state index in [1.54, 1.807) is 21.3 Å². The molecule has 4 atom stereocenters. The van der Waals surface area contributed by atoms with Crippen LogP contribution >= 0.6 is 0 Å². The molecule has 122 valence electrons. The molecule has 4 unspecified atom stereocenters. The van der Waals surface area contributed by atoms with Crippen LogP contribution in [0.3, 0.4) is 0 Å². The van der Waals surface area contributed by atoms with Gasteiger partial charge in [0.05, 0.1) is 5.92 Å². The van der Waals surface area contributed by atoms with E-state index in [0.717, 1.165) is 19.3 Å². The summed E-state index contributed by atoms with van der Waals surface area (Å²) < 4.78 is 22.4. The van der Waals surface area contributed by atoms with E-state index in [1.165, 1.54) is 0 Å². The number of ether oxygens (including phenoxy) is 1. The Kier molecular flexibility index (Phi) is 4.83. The standard InChI is InChI=1S/C15H28O5Si/c1-15(2,3)20-14(16)12-8-11-7-10(12)9-13(11)21(17-4,18-5)19-6/h10-13H,7-9H2,1-6H3. The molecule has 2 rings (SSSR count). The van der Waals surface area contributed by atoms with Crippen molar-refractivity contribution >= 4 is 14.8 Å². The Morgan fingerprint density at radius 1 is 0.952 bits per heavy atom. The van der Waals surface area contributed by atoms with Gasteiger partial charge in [0, 0.05) is 26.9 Å². The summed E-state index contributed by atoms with van der Waals surface area (Å²) in [5, 5.41) is 0. The Hall–Kier alpha value is -0.433. The second kappa shape index (κ2) is 5.99. The number of fused-ring (bicyclic) bond motifs is 2. The normalized spacial score (nSPS) is 32.5. The number of esters is 1. The second-order valence-corrected chi connectivity index (χ2v) is 10.4. The molecule has 2 saturated carbocycles. The first-order chi connectivity index (χ1) is 9.76. The minimum atomic E-state index is -2.60.